The summed E-state index contributed by atoms with van der Waals surface area (Å²) < 4.78 is 0. The van der Waals surface area contributed by atoms with Crippen molar-refractivity contribution in [3.63, 3.8) is 0 Å². The van der Waals surface area contributed by atoms with Gasteiger partial charge in [0.25, 0.3) is 0 Å². The second kappa shape index (κ2) is 6.37. The number of carbonyl (C=O) groups is 2. The first-order chi connectivity index (χ1) is 6.83. The summed E-state index contributed by atoms with van der Waals surface area (Å²) in [6, 6.07) is 0.107. The normalized spacial score (nSPS) is 21.3. The quantitative estimate of drug-likeness (QED) is 0.541. The maximum atomic E-state index is 11.0. The Balaban J connectivity index is 2.06. The lowest BCUT2D eigenvalue weighted by molar-refractivity contribution is -0.107. The average Bonchev–Trinajstić information content (AvgIpc) is 2.25. The van der Waals surface area contributed by atoms with E-state index in [1.807, 2.05) is 0 Å². The summed E-state index contributed by atoms with van der Waals surface area (Å²) in [4.78, 5) is 21.0. The maximum Gasteiger partial charge on any atom is 0.315 e. The molecule has 0 radical (unpaired) electrons. The number of amides is 2. The van der Waals surface area contributed by atoms with Crippen molar-refractivity contribution in [1.29, 1.82) is 0 Å². The lowest BCUT2D eigenvalue weighted by Crippen LogP contribution is -2.46. The molecule has 1 atom stereocenters. The lowest BCUT2D eigenvalue weighted by atomic mass is 10.1. The highest BCUT2D eigenvalue weighted by molar-refractivity contribution is 5.76. The molecule has 1 aliphatic heterocycles. The van der Waals surface area contributed by atoms with Crippen LogP contribution in [0.25, 0.3) is 0 Å². The van der Waals surface area contributed by atoms with Gasteiger partial charge in [0.2, 0.25) is 0 Å². The Bertz CT molecular complexity index is 190. The second-order valence-electron chi connectivity index (χ2n) is 3.40. The van der Waals surface area contributed by atoms with Crippen molar-refractivity contribution in [3.05, 3.63) is 0 Å². The van der Waals surface area contributed by atoms with E-state index in [2.05, 4.69) is 16.0 Å². The Morgan fingerprint density at radius 3 is 2.93 bits per heavy atom. The van der Waals surface area contributed by atoms with Crippen LogP contribution in [0.1, 0.15) is 19.3 Å². The molecule has 0 bridgehead atoms. The van der Waals surface area contributed by atoms with Crippen LogP contribution in [0.3, 0.4) is 0 Å². The Morgan fingerprint density at radius 1 is 1.43 bits per heavy atom. The van der Waals surface area contributed by atoms with Gasteiger partial charge in [0.1, 0.15) is 6.29 Å². The molecule has 1 rings (SSSR count). The third-order valence-electron chi connectivity index (χ3n) is 2.27. The van der Waals surface area contributed by atoms with Crippen LogP contribution in [0.2, 0.25) is 0 Å². The van der Waals surface area contributed by atoms with Gasteiger partial charge < -0.3 is 20.7 Å². The van der Waals surface area contributed by atoms with E-state index in [-0.39, 0.29) is 12.6 Å². The fraction of sp³-hybridized carbons (Fsp3) is 0.778. The molecular formula is C9H17N3O2. The number of hydrogen-bond donors (Lipinski definition) is 3. The zero-order valence-corrected chi connectivity index (χ0v) is 8.21. The molecule has 5 heteroatoms. The number of carbonyl (C=O) groups excluding carboxylic acids is 2. The lowest BCUT2D eigenvalue weighted by Gasteiger charge is -2.23. The first-order valence-electron chi connectivity index (χ1n) is 5.01. The molecule has 5 nitrogen and oxygen atoms in total. The van der Waals surface area contributed by atoms with Crippen molar-refractivity contribution >= 4 is 12.3 Å². The molecular weight excluding hydrogens is 182 g/mol. The van der Waals surface area contributed by atoms with Gasteiger partial charge in [-0.1, -0.05) is 6.42 Å². The molecule has 80 valence electrons. The van der Waals surface area contributed by atoms with E-state index in [1.165, 1.54) is 12.8 Å². The molecule has 0 aromatic carbocycles. The van der Waals surface area contributed by atoms with Crippen LogP contribution in [-0.4, -0.2) is 38.0 Å². The maximum absolute atomic E-state index is 11.0. The molecule has 2 amide bonds. The third-order valence-corrected chi connectivity index (χ3v) is 2.27. The number of hydrogen-bond acceptors (Lipinski definition) is 3. The Kier molecular flexibility index (Phi) is 4.99. The van der Waals surface area contributed by atoms with Crippen molar-refractivity contribution in [2.24, 2.45) is 0 Å². The average molecular weight is 199 g/mol. The fourth-order valence-electron chi connectivity index (χ4n) is 1.51. The number of rotatable bonds is 4. The largest absolute Gasteiger partial charge is 0.337 e. The van der Waals surface area contributed by atoms with Gasteiger partial charge in [0.05, 0.1) is 6.54 Å². The summed E-state index contributed by atoms with van der Waals surface area (Å²) in [6.07, 6.45) is 4.20. The van der Waals surface area contributed by atoms with Crippen LogP contribution in [-0.2, 0) is 4.79 Å². The Labute approximate surface area is 83.6 Å². The van der Waals surface area contributed by atoms with E-state index in [9.17, 15) is 9.59 Å². The molecule has 3 N–H and O–H groups in total. The monoisotopic (exact) mass is 199 g/mol. The predicted octanol–water partition coefficient (Wildman–Crippen LogP) is -0.373. The van der Waals surface area contributed by atoms with Crippen LogP contribution in [0.4, 0.5) is 4.79 Å². The van der Waals surface area contributed by atoms with E-state index in [0.29, 0.717) is 18.9 Å². The molecule has 0 aromatic heterocycles. The Morgan fingerprint density at radius 2 is 2.29 bits per heavy atom. The number of piperidine rings is 1. The summed E-state index contributed by atoms with van der Waals surface area (Å²) in [6.45, 7) is 1.73. The van der Waals surface area contributed by atoms with Crippen molar-refractivity contribution in [1.82, 2.24) is 16.0 Å². The van der Waals surface area contributed by atoms with Gasteiger partial charge in [-0.05, 0) is 19.4 Å². The minimum absolute atomic E-state index is 0.0733. The highest BCUT2D eigenvalue weighted by Gasteiger charge is 2.12. The summed E-state index contributed by atoms with van der Waals surface area (Å²) in [5, 5.41) is 8.46. The molecule has 1 aliphatic rings. The molecule has 1 saturated heterocycles. The van der Waals surface area contributed by atoms with Crippen LogP contribution < -0.4 is 16.0 Å². The molecule has 1 heterocycles. The molecule has 0 aromatic rings. The first-order valence-corrected chi connectivity index (χ1v) is 5.01. The fourth-order valence-corrected chi connectivity index (χ4v) is 1.51. The van der Waals surface area contributed by atoms with Crippen LogP contribution >= 0.6 is 0 Å². The third kappa shape index (κ3) is 4.23. The van der Waals surface area contributed by atoms with Crippen molar-refractivity contribution in [3.8, 4) is 0 Å². The van der Waals surface area contributed by atoms with Crippen LogP contribution in [0.5, 0.6) is 0 Å². The van der Waals surface area contributed by atoms with Crippen molar-refractivity contribution < 1.29 is 9.59 Å². The molecule has 14 heavy (non-hydrogen) atoms. The molecule has 1 fully saturated rings. The first kappa shape index (κ1) is 11.0. The molecule has 0 aliphatic carbocycles. The second-order valence-corrected chi connectivity index (χ2v) is 3.40. The predicted molar refractivity (Wildman–Crippen MR) is 53.1 cm³/mol. The van der Waals surface area contributed by atoms with E-state index in [4.69, 9.17) is 0 Å². The number of nitrogens with one attached hydrogen (secondary N) is 3. The minimum atomic E-state index is -0.274. The number of aldehydes is 1. The van der Waals surface area contributed by atoms with Gasteiger partial charge in [-0.2, -0.15) is 0 Å². The smallest absolute Gasteiger partial charge is 0.315 e. The van der Waals surface area contributed by atoms with Crippen LogP contribution in [0, 0.1) is 0 Å². The van der Waals surface area contributed by atoms with E-state index < -0.39 is 0 Å². The number of urea groups is 1. The summed E-state index contributed by atoms with van der Waals surface area (Å²) >= 11 is 0. The summed E-state index contributed by atoms with van der Waals surface area (Å²) in [5.41, 5.74) is 0. The molecule has 0 spiro atoms. The van der Waals surface area contributed by atoms with Crippen molar-refractivity contribution in [2.75, 3.05) is 19.6 Å². The van der Waals surface area contributed by atoms with Gasteiger partial charge in [-0.3, -0.25) is 0 Å². The standard InChI is InChI=1S/C9H17N3O2/c13-6-5-11-9(14)12-7-8-3-1-2-4-10-8/h6,8,10H,1-5,7H2,(H2,11,12,14). The van der Waals surface area contributed by atoms with Crippen LogP contribution in [0.15, 0.2) is 0 Å². The zero-order chi connectivity index (χ0) is 10.2. The SMILES string of the molecule is O=CCNC(=O)NCC1CCCCN1. The zero-order valence-electron chi connectivity index (χ0n) is 8.21. The van der Waals surface area contributed by atoms with Gasteiger partial charge in [-0.15, -0.1) is 0 Å². The summed E-state index contributed by atoms with van der Waals surface area (Å²) in [7, 11) is 0. The Hall–Kier alpha value is -1.10. The van der Waals surface area contributed by atoms with Gasteiger partial charge in [0, 0.05) is 12.6 Å². The van der Waals surface area contributed by atoms with Gasteiger partial charge in [0.15, 0.2) is 0 Å². The minimum Gasteiger partial charge on any atom is -0.337 e. The topological polar surface area (TPSA) is 70.2 Å². The van der Waals surface area contributed by atoms with E-state index in [1.54, 1.807) is 0 Å². The van der Waals surface area contributed by atoms with E-state index >= 15 is 0 Å². The molecule has 0 saturated carbocycles. The van der Waals surface area contributed by atoms with Crippen molar-refractivity contribution in [2.45, 2.75) is 25.3 Å². The van der Waals surface area contributed by atoms with Gasteiger partial charge >= 0.3 is 6.03 Å². The summed E-state index contributed by atoms with van der Waals surface area (Å²) in [5.74, 6) is 0. The molecule has 1 unspecified atom stereocenters. The van der Waals surface area contributed by atoms with Gasteiger partial charge in [-0.25, -0.2) is 4.79 Å². The van der Waals surface area contributed by atoms with E-state index in [0.717, 1.165) is 13.0 Å². The highest BCUT2D eigenvalue weighted by Crippen LogP contribution is 2.05. The highest BCUT2D eigenvalue weighted by atomic mass is 16.2.